The summed E-state index contributed by atoms with van der Waals surface area (Å²) in [4.78, 5) is 0. The molecule has 0 spiro atoms. The molecule has 0 amide bonds. The van der Waals surface area contributed by atoms with Crippen LogP contribution in [0.4, 0.5) is 0 Å². The minimum Gasteiger partial charge on any atom is -1.00 e. The zero-order valence-corrected chi connectivity index (χ0v) is 25.4. The summed E-state index contributed by atoms with van der Waals surface area (Å²) >= 11 is 2.50. The number of allylic oxidation sites excluding steroid dienone is 4. The molecule has 0 bridgehead atoms. The van der Waals surface area contributed by atoms with E-state index in [2.05, 4.69) is 134 Å². The maximum Gasteiger partial charge on any atom is -1.00 e. The van der Waals surface area contributed by atoms with Crippen molar-refractivity contribution in [3.63, 3.8) is 0 Å². The van der Waals surface area contributed by atoms with Gasteiger partial charge in [-0.25, -0.2) is 0 Å². The average molecular weight is 562 g/mol. The fourth-order valence-corrected chi connectivity index (χ4v) is 10.5. The van der Waals surface area contributed by atoms with Gasteiger partial charge in [0.15, 0.2) is 0 Å². The van der Waals surface area contributed by atoms with E-state index in [1.807, 2.05) is 0 Å². The van der Waals surface area contributed by atoms with E-state index in [1.54, 1.807) is 15.9 Å². The van der Waals surface area contributed by atoms with E-state index in [1.165, 1.54) is 39.5 Å². The van der Waals surface area contributed by atoms with Crippen molar-refractivity contribution in [1.29, 1.82) is 0 Å². The van der Waals surface area contributed by atoms with Crippen LogP contribution in [-0.4, -0.2) is 8.80 Å². The van der Waals surface area contributed by atoms with Gasteiger partial charge in [0.1, 0.15) is 0 Å². The number of benzene rings is 3. The summed E-state index contributed by atoms with van der Waals surface area (Å²) in [6, 6.07) is 30.8. The molecule has 0 radical (unpaired) electrons. The molecule has 0 aromatic heterocycles. The molecule has 0 N–H and O–H groups in total. The van der Waals surface area contributed by atoms with Crippen LogP contribution < -0.4 is 47.6 Å². The Morgan fingerprint density at radius 2 is 1.15 bits per heavy atom. The zero-order valence-electron chi connectivity index (χ0n) is 20.4. The van der Waals surface area contributed by atoms with Gasteiger partial charge in [-0.1, -0.05) is 0 Å². The van der Waals surface area contributed by atoms with Gasteiger partial charge in [-0.3, -0.25) is 0 Å². The Bertz CT molecular complexity index is 1140. The largest absolute Gasteiger partial charge is 1.00 e. The first-order valence-electron chi connectivity index (χ1n) is 11.1. The summed E-state index contributed by atoms with van der Waals surface area (Å²) in [6.07, 6.45) is 0. The summed E-state index contributed by atoms with van der Waals surface area (Å²) < 4.78 is 0.0555. The van der Waals surface area contributed by atoms with Crippen LogP contribution in [0, 0.1) is 13.8 Å². The van der Waals surface area contributed by atoms with Crippen molar-refractivity contribution < 1.29 is 57.7 Å². The fraction of sp³-hybridized carbons (Fsp3) is 0.241. The molecule has 4 rings (SSSR count). The number of hydrogen-bond acceptors (Lipinski definition) is 0. The molecule has 0 aliphatic heterocycles. The van der Waals surface area contributed by atoms with Crippen LogP contribution in [0.2, 0.25) is 9.76 Å². The molecular formula is C29H31Cl3SiTi. The molecule has 1 aliphatic carbocycles. The monoisotopic (exact) mass is 560 g/mol. The summed E-state index contributed by atoms with van der Waals surface area (Å²) in [6.45, 7) is 11.4. The quantitative estimate of drug-likeness (QED) is 0.295. The van der Waals surface area contributed by atoms with Crippen LogP contribution in [0.25, 0.3) is 5.57 Å². The molecule has 0 fully saturated rings. The Morgan fingerprint density at radius 1 is 0.647 bits per heavy atom. The Hall–Kier alpha value is -1.06. The molecule has 3 aromatic carbocycles. The van der Waals surface area contributed by atoms with Crippen molar-refractivity contribution in [3.8, 4) is 0 Å². The third-order valence-electron chi connectivity index (χ3n) is 7.03. The van der Waals surface area contributed by atoms with Crippen molar-refractivity contribution in [1.82, 2.24) is 0 Å². The molecule has 0 saturated carbocycles. The van der Waals surface area contributed by atoms with Gasteiger partial charge in [-0.15, -0.1) is 0 Å². The topological polar surface area (TPSA) is 0 Å². The predicted molar refractivity (Wildman–Crippen MR) is 134 cm³/mol. The van der Waals surface area contributed by atoms with E-state index in [0.29, 0.717) is 0 Å². The first-order chi connectivity index (χ1) is 14.8. The number of aryl methyl sites for hydroxylation is 2. The second-order valence-electron chi connectivity index (χ2n) is 9.11. The van der Waals surface area contributed by atoms with Gasteiger partial charge >= 0.3 is 202 Å². The van der Waals surface area contributed by atoms with E-state index in [4.69, 9.17) is 0 Å². The molecule has 1 atom stereocenters. The first-order valence-corrected chi connectivity index (χ1v) is 13.9. The summed E-state index contributed by atoms with van der Waals surface area (Å²) in [5.41, 5.74) is 10.1. The van der Waals surface area contributed by atoms with Gasteiger partial charge in [-0.2, -0.15) is 0 Å². The van der Waals surface area contributed by atoms with Gasteiger partial charge in [0.25, 0.3) is 0 Å². The van der Waals surface area contributed by atoms with Crippen LogP contribution in [0.5, 0.6) is 0 Å². The molecular weight excluding hydrogens is 531 g/mol. The smallest absolute Gasteiger partial charge is 1.00 e. The summed E-state index contributed by atoms with van der Waals surface area (Å²) in [5.74, 6) is 0. The molecule has 3 aromatic rings. The van der Waals surface area contributed by atoms with Crippen molar-refractivity contribution >= 4 is 24.7 Å². The van der Waals surface area contributed by atoms with Crippen LogP contribution in [0.15, 0.2) is 95.6 Å². The Labute approximate surface area is 237 Å². The van der Waals surface area contributed by atoms with Gasteiger partial charge < -0.3 is 37.2 Å². The van der Waals surface area contributed by atoms with Gasteiger partial charge in [0.2, 0.25) is 0 Å². The van der Waals surface area contributed by atoms with Crippen molar-refractivity contribution in [2.45, 2.75) is 44.4 Å². The fourth-order valence-electron chi connectivity index (χ4n) is 5.13. The van der Waals surface area contributed by atoms with Crippen LogP contribution >= 0.6 is 0 Å². The van der Waals surface area contributed by atoms with E-state index >= 15 is 0 Å². The first kappa shape index (κ1) is 31.0. The third kappa shape index (κ3) is 6.01. The SMILES string of the molecule is CC1=C(C)[C]([Ti+3])(C[SiH](c2cccc(C)c2)c2cccc(C)c2)C(c2ccccc2)=C1C.[Cl-].[Cl-].[Cl-]. The second kappa shape index (κ2) is 12.8. The molecule has 5 heteroatoms. The zero-order chi connectivity index (χ0) is 22.2. The van der Waals surface area contributed by atoms with E-state index in [9.17, 15) is 0 Å². The standard InChI is InChI=1S/C29H31Si.3ClH.Ti/c1-20-11-9-15-26(17-20)30(27-16-10-12-21(2)18-27)19-28-23(4)22(3)24(5)29(28)25-13-7-6-8-14-25;;;;/h6-18,30H,19H2,1-5H3;3*1H;/q;;;;+3/p-3. The second-order valence-corrected chi connectivity index (χ2v) is 13.3. The third-order valence-corrected chi connectivity index (χ3v) is 12.3. The maximum absolute atomic E-state index is 2.50. The molecule has 0 saturated heterocycles. The molecule has 1 unspecified atom stereocenters. The van der Waals surface area contributed by atoms with Gasteiger partial charge in [0, 0.05) is 0 Å². The Balaban J connectivity index is 0.00000193. The van der Waals surface area contributed by atoms with Gasteiger partial charge in [-0.05, 0) is 0 Å². The maximum atomic E-state index is 2.50. The molecule has 34 heavy (non-hydrogen) atoms. The number of hydrogen-bond donors (Lipinski definition) is 0. The van der Waals surface area contributed by atoms with E-state index in [0.717, 1.165) is 0 Å². The summed E-state index contributed by atoms with van der Waals surface area (Å²) in [5, 5.41) is 3.10. The van der Waals surface area contributed by atoms with Crippen molar-refractivity contribution in [2.24, 2.45) is 0 Å². The average Bonchev–Trinajstić information content (AvgIpc) is 2.93. The summed E-state index contributed by atoms with van der Waals surface area (Å²) in [7, 11) is -1.45. The van der Waals surface area contributed by atoms with Crippen molar-refractivity contribution in [3.05, 3.63) is 112 Å². The minimum absolute atomic E-state index is 0. The number of rotatable bonds is 5. The van der Waals surface area contributed by atoms with E-state index < -0.39 is 8.80 Å². The predicted octanol–water partition coefficient (Wildman–Crippen LogP) is -2.81. The van der Waals surface area contributed by atoms with E-state index in [-0.39, 0.29) is 40.9 Å². The molecule has 0 heterocycles. The number of halogens is 3. The van der Waals surface area contributed by atoms with Gasteiger partial charge in [0.05, 0.1) is 0 Å². The normalized spacial score (nSPS) is 17.3. The Morgan fingerprint density at radius 3 is 1.62 bits per heavy atom. The minimum atomic E-state index is -1.45. The van der Waals surface area contributed by atoms with Crippen LogP contribution in [0.1, 0.15) is 37.5 Å². The molecule has 176 valence electrons. The van der Waals surface area contributed by atoms with Crippen molar-refractivity contribution in [2.75, 3.05) is 0 Å². The van der Waals surface area contributed by atoms with Crippen LogP contribution in [0.3, 0.4) is 0 Å². The molecule has 0 nitrogen and oxygen atoms in total. The Kier molecular flexibility index (Phi) is 11.6. The van der Waals surface area contributed by atoms with Crippen LogP contribution in [-0.2, 0) is 20.4 Å². The molecule has 1 aliphatic rings.